The van der Waals surface area contributed by atoms with E-state index in [1.165, 1.54) is 11.3 Å². The van der Waals surface area contributed by atoms with Crippen molar-refractivity contribution in [2.75, 3.05) is 6.54 Å². The van der Waals surface area contributed by atoms with E-state index in [1.54, 1.807) is 0 Å². The van der Waals surface area contributed by atoms with Crippen molar-refractivity contribution in [1.82, 2.24) is 9.78 Å². The third kappa shape index (κ3) is 1.55. The number of aromatic nitrogens is 2. The summed E-state index contributed by atoms with van der Waals surface area (Å²) in [5.41, 5.74) is 7.97. The van der Waals surface area contributed by atoms with Crippen LogP contribution in [0.15, 0.2) is 6.20 Å². The Morgan fingerprint density at radius 3 is 2.93 bits per heavy atom. The zero-order valence-electron chi connectivity index (χ0n) is 8.73. The van der Waals surface area contributed by atoms with Gasteiger partial charge in [0.25, 0.3) is 0 Å². The van der Waals surface area contributed by atoms with Gasteiger partial charge in [0.2, 0.25) is 0 Å². The summed E-state index contributed by atoms with van der Waals surface area (Å²) < 4.78 is 7.70. The second-order valence-corrected chi connectivity index (χ2v) is 3.87. The first kappa shape index (κ1) is 9.68. The molecule has 0 aliphatic carbocycles. The van der Waals surface area contributed by atoms with Crippen LogP contribution in [-0.2, 0) is 11.8 Å². The molecule has 1 fully saturated rings. The Hall–Kier alpha value is -0.870. The molecule has 0 bridgehead atoms. The lowest BCUT2D eigenvalue weighted by Gasteiger charge is -2.11. The fourth-order valence-electron chi connectivity index (χ4n) is 1.94. The van der Waals surface area contributed by atoms with Crippen molar-refractivity contribution in [3.8, 4) is 0 Å². The molecule has 2 N–H and O–H groups in total. The summed E-state index contributed by atoms with van der Waals surface area (Å²) >= 11 is 0. The lowest BCUT2D eigenvalue weighted by atomic mass is 10.1. The maximum absolute atomic E-state index is 5.81. The molecule has 1 aromatic rings. The summed E-state index contributed by atoms with van der Waals surface area (Å²) in [6, 6.07) is 0. The molecule has 2 rings (SSSR count). The zero-order valence-corrected chi connectivity index (χ0v) is 8.73. The first-order chi connectivity index (χ1) is 6.72. The van der Waals surface area contributed by atoms with Crippen LogP contribution in [0.3, 0.4) is 0 Å². The number of nitrogens with zero attached hydrogens (tertiary/aromatic N) is 2. The first-order valence-corrected chi connectivity index (χ1v) is 5.06. The Labute approximate surface area is 84.0 Å². The summed E-state index contributed by atoms with van der Waals surface area (Å²) in [4.78, 5) is 0. The van der Waals surface area contributed by atoms with Crippen LogP contribution in [0.1, 0.15) is 30.2 Å². The standard InChI is InChI=1S/C10H17N3O/c1-7-9(6-12-13(7)2)10-4-3-8(5-11)14-10/h6,8,10H,3-5,11H2,1-2H3. The SMILES string of the molecule is Cc1c(C2CCC(CN)O2)cnn1C. The van der Waals surface area contributed by atoms with Gasteiger partial charge in [-0.1, -0.05) is 0 Å². The van der Waals surface area contributed by atoms with E-state index < -0.39 is 0 Å². The fourth-order valence-corrected chi connectivity index (χ4v) is 1.94. The van der Waals surface area contributed by atoms with Crippen LogP contribution in [0.4, 0.5) is 0 Å². The fraction of sp³-hybridized carbons (Fsp3) is 0.700. The molecule has 1 aliphatic rings. The molecule has 2 atom stereocenters. The lowest BCUT2D eigenvalue weighted by Crippen LogP contribution is -2.18. The van der Waals surface area contributed by atoms with Crippen molar-refractivity contribution in [3.05, 3.63) is 17.5 Å². The van der Waals surface area contributed by atoms with Crippen LogP contribution in [0.25, 0.3) is 0 Å². The largest absolute Gasteiger partial charge is 0.369 e. The Kier molecular flexibility index (Phi) is 2.56. The van der Waals surface area contributed by atoms with Crippen LogP contribution >= 0.6 is 0 Å². The highest BCUT2D eigenvalue weighted by Crippen LogP contribution is 2.33. The minimum atomic E-state index is 0.206. The van der Waals surface area contributed by atoms with E-state index >= 15 is 0 Å². The van der Waals surface area contributed by atoms with E-state index in [2.05, 4.69) is 12.0 Å². The smallest absolute Gasteiger partial charge is 0.0863 e. The summed E-state index contributed by atoms with van der Waals surface area (Å²) in [6.07, 6.45) is 4.47. The maximum Gasteiger partial charge on any atom is 0.0863 e. The quantitative estimate of drug-likeness (QED) is 0.763. The highest BCUT2D eigenvalue weighted by atomic mass is 16.5. The summed E-state index contributed by atoms with van der Waals surface area (Å²) in [5.74, 6) is 0. The molecule has 0 saturated carbocycles. The highest BCUT2D eigenvalue weighted by Gasteiger charge is 2.27. The number of rotatable bonds is 2. The van der Waals surface area contributed by atoms with Gasteiger partial charge in [0.1, 0.15) is 0 Å². The van der Waals surface area contributed by atoms with Crippen molar-refractivity contribution in [3.63, 3.8) is 0 Å². The average Bonchev–Trinajstić information content (AvgIpc) is 2.75. The number of ether oxygens (including phenoxy) is 1. The van der Waals surface area contributed by atoms with Crippen LogP contribution < -0.4 is 5.73 Å². The van der Waals surface area contributed by atoms with Crippen molar-refractivity contribution < 1.29 is 4.74 Å². The second kappa shape index (κ2) is 3.71. The van der Waals surface area contributed by atoms with Crippen molar-refractivity contribution in [2.45, 2.75) is 32.0 Å². The third-order valence-corrected chi connectivity index (χ3v) is 2.99. The van der Waals surface area contributed by atoms with Crippen LogP contribution in [0.2, 0.25) is 0 Å². The van der Waals surface area contributed by atoms with Gasteiger partial charge >= 0.3 is 0 Å². The predicted octanol–water partition coefficient (Wildman–Crippen LogP) is 0.907. The maximum atomic E-state index is 5.81. The Morgan fingerprint density at radius 2 is 2.43 bits per heavy atom. The molecule has 0 aromatic carbocycles. The summed E-state index contributed by atoms with van der Waals surface area (Å²) in [5, 5.41) is 4.22. The molecule has 1 aliphatic heterocycles. The first-order valence-electron chi connectivity index (χ1n) is 5.06. The molecule has 14 heavy (non-hydrogen) atoms. The van der Waals surface area contributed by atoms with Gasteiger partial charge in [-0.15, -0.1) is 0 Å². The van der Waals surface area contributed by atoms with Gasteiger partial charge in [-0.2, -0.15) is 5.10 Å². The zero-order chi connectivity index (χ0) is 10.1. The molecule has 1 aromatic heterocycles. The van der Waals surface area contributed by atoms with Gasteiger partial charge in [0, 0.05) is 24.8 Å². The lowest BCUT2D eigenvalue weighted by molar-refractivity contribution is 0.0494. The van der Waals surface area contributed by atoms with Gasteiger partial charge in [0.05, 0.1) is 18.4 Å². The van der Waals surface area contributed by atoms with E-state index in [1.807, 2.05) is 17.9 Å². The number of nitrogens with two attached hydrogens (primary N) is 1. The van der Waals surface area contributed by atoms with Crippen molar-refractivity contribution >= 4 is 0 Å². The molecule has 78 valence electrons. The van der Waals surface area contributed by atoms with Crippen LogP contribution in [0, 0.1) is 6.92 Å². The van der Waals surface area contributed by atoms with Gasteiger partial charge in [-0.05, 0) is 19.8 Å². The molecule has 0 radical (unpaired) electrons. The second-order valence-electron chi connectivity index (χ2n) is 3.87. The topological polar surface area (TPSA) is 53.1 Å². The molecule has 2 unspecified atom stereocenters. The molecular weight excluding hydrogens is 178 g/mol. The molecule has 0 amide bonds. The third-order valence-electron chi connectivity index (χ3n) is 2.99. The summed E-state index contributed by atoms with van der Waals surface area (Å²) in [6.45, 7) is 2.69. The average molecular weight is 195 g/mol. The van der Waals surface area contributed by atoms with Gasteiger partial charge in [0.15, 0.2) is 0 Å². The number of hydrogen-bond donors (Lipinski definition) is 1. The number of aryl methyl sites for hydroxylation is 1. The molecule has 1 saturated heterocycles. The normalized spacial score (nSPS) is 27.1. The van der Waals surface area contributed by atoms with E-state index in [4.69, 9.17) is 10.5 Å². The van der Waals surface area contributed by atoms with E-state index in [9.17, 15) is 0 Å². The van der Waals surface area contributed by atoms with Crippen molar-refractivity contribution in [1.29, 1.82) is 0 Å². The van der Waals surface area contributed by atoms with Gasteiger partial charge < -0.3 is 10.5 Å². The Balaban J connectivity index is 2.13. The predicted molar refractivity (Wildman–Crippen MR) is 53.8 cm³/mol. The molecule has 0 spiro atoms. The number of hydrogen-bond acceptors (Lipinski definition) is 3. The summed E-state index contributed by atoms with van der Waals surface area (Å²) in [7, 11) is 1.95. The Morgan fingerprint density at radius 1 is 1.64 bits per heavy atom. The monoisotopic (exact) mass is 195 g/mol. The Bertz CT molecular complexity index is 321. The minimum absolute atomic E-state index is 0.206. The molecule has 4 heteroatoms. The molecule has 4 nitrogen and oxygen atoms in total. The highest BCUT2D eigenvalue weighted by molar-refractivity contribution is 5.19. The van der Waals surface area contributed by atoms with Crippen molar-refractivity contribution in [2.24, 2.45) is 12.8 Å². The van der Waals surface area contributed by atoms with E-state index in [-0.39, 0.29) is 12.2 Å². The van der Waals surface area contributed by atoms with Crippen LogP contribution in [-0.4, -0.2) is 22.4 Å². The van der Waals surface area contributed by atoms with E-state index in [0.29, 0.717) is 6.54 Å². The molecular formula is C10H17N3O. The van der Waals surface area contributed by atoms with E-state index in [0.717, 1.165) is 12.8 Å². The molecule has 2 heterocycles. The van der Waals surface area contributed by atoms with Gasteiger partial charge in [-0.25, -0.2) is 0 Å². The van der Waals surface area contributed by atoms with Gasteiger partial charge in [-0.3, -0.25) is 4.68 Å². The van der Waals surface area contributed by atoms with Crippen LogP contribution in [0.5, 0.6) is 0 Å². The minimum Gasteiger partial charge on any atom is -0.369 e.